The third kappa shape index (κ3) is 4.37. The number of hydrogen-bond acceptors (Lipinski definition) is 2. The highest BCUT2D eigenvalue weighted by molar-refractivity contribution is 6.35. The highest BCUT2D eigenvalue weighted by Crippen LogP contribution is 2.23. The summed E-state index contributed by atoms with van der Waals surface area (Å²) in [6.45, 7) is 3.68. The van der Waals surface area contributed by atoms with Gasteiger partial charge in [-0.05, 0) is 43.5 Å². The summed E-state index contributed by atoms with van der Waals surface area (Å²) in [5.74, 6) is -0.0280. The van der Waals surface area contributed by atoms with E-state index in [1.165, 1.54) is 6.42 Å². The summed E-state index contributed by atoms with van der Waals surface area (Å²) in [4.78, 5) is 12.1. The van der Waals surface area contributed by atoms with Gasteiger partial charge in [0.05, 0.1) is 0 Å². The van der Waals surface area contributed by atoms with Gasteiger partial charge in [-0.1, -0.05) is 36.2 Å². The lowest BCUT2D eigenvalue weighted by atomic mass is 10.00. The molecule has 0 saturated carbocycles. The summed E-state index contributed by atoms with van der Waals surface area (Å²) < 4.78 is 0. The summed E-state index contributed by atoms with van der Waals surface area (Å²) in [6.07, 6.45) is 2.95. The average Bonchev–Trinajstić information content (AvgIpc) is 2.92. The molecule has 1 amide bonds. The van der Waals surface area contributed by atoms with Crippen LogP contribution in [0.5, 0.6) is 0 Å². The first-order chi connectivity index (χ1) is 9.56. The summed E-state index contributed by atoms with van der Waals surface area (Å²) in [5, 5.41) is 7.60. The van der Waals surface area contributed by atoms with Crippen molar-refractivity contribution in [3.63, 3.8) is 0 Å². The lowest BCUT2D eigenvalue weighted by molar-refractivity contribution is -0.124. The fourth-order valence-corrected chi connectivity index (χ4v) is 2.92. The van der Waals surface area contributed by atoms with Gasteiger partial charge in [-0.3, -0.25) is 4.79 Å². The standard InChI is InChI=1S/C15H20Cl2N2O/c1-10(7-11-4-5-12(16)8-14(11)17)15(20)19-9-13-3-2-6-18-13/h4-5,8,10,13,18H,2-3,6-7,9H2,1H3,(H,19,20). The van der Waals surface area contributed by atoms with Crippen molar-refractivity contribution < 1.29 is 4.79 Å². The van der Waals surface area contributed by atoms with Gasteiger partial charge in [0.2, 0.25) is 5.91 Å². The van der Waals surface area contributed by atoms with Crippen LogP contribution in [-0.2, 0) is 11.2 Å². The zero-order chi connectivity index (χ0) is 14.5. The van der Waals surface area contributed by atoms with Crippen LogP contribution in [0.2, 0.25) is 10.0 Å². The highest BCUT2D eigenvalue weighted by atomic mass is 35.5. The topological polar surface area (TPSA) is 41.1 Å². The Morgan fingerprint density at radius 1 is 1.50 bits per heavy atom. The van der Waals surface area contributed by atoms with Gasteiger partial charge in [0.25, 0.3) is 0 Å². The van der Waals surface area contributed by atoms with Gasteiger partial charge in [-0.15, -0.1) is 0 Å². The Hall–Kier alpha value is -0.770. The first-order valence-corrected chi connectivity index (χ1v) is 7.77. The largest absolute Gasteiger partial charge is 0.354 e. The monoisotopic (exact) mass is 314 g/mol. The molecule has 1 saturated heterocycles. The minimum Gasteiger partial charge on any atom is -0.354 e. The number of hydrogen-bond donors (Lipinski definition) is 2. The van der Waals surface area contributed by atoms with Crippen LogP contribution in [0.25, 0.3) is 0 Å². The quantitative estimate of drug-likeness (QED) is 0.877. The second-order valence-corrected chi connectivity index (χ2v) is 6.22. The van der Waals surface area contributed by atoms with Crippen molar-refractivity contribution in [2.24, 2.45) is 5.92 Å². The Labute approximate surface area is 130 Å². The van der Waals surface area contributed by atoms with E-state index in [4.69, 9.17) is 23.2 Å². The highest BCUT2D eigenvalue weighted by Gasteiger charge is 2.18. The third-order valence-electron chi connectivity index (χ3n) is 3.67. The van der Waals surface area contributed by atoms with Crippen LogP contribution in [0.4, 0.5) is 0 Å². The molecule has 1 heterocycles. The van der Waals surface area contributed by atoms with Crippen molar-refractivity contribution in [2.75, 3.05) is 13.1 Å². The van der Waals surface area contributed by atoms with Gasteiger partial charge < -0.3 is 10.6 Å². The van der Waals surface area contributed by atoms with Crippen LogP contribution >= 0.6 is 23.2 Å². The van der Waals surface area contributed by atoms with Crippen molar-refractivity contribution in [3.8, 4) is 0 Å². The molecule has 1 aliphatic rings. The van der Waals surface area contributed by atoms with Crippen LogP contribution in [0.3, 0.4) is 0 Å². The van der Waals surface area contributed by atoms with Crippen molar-refractivity contribution in [1.82, 2.24) is 10.6 Å². The second kappa shape index (κ2) is 7.30. The molecule has 1 fully saturated rings. The Kier molecular flexibility index (Phi) is 5.70. The molecule has 20 heavy (non-hydrogen) atoms. The first-order valence-electron chi connectivity index (χ1n) is 7.01. The van der Waals surface area contributed by atoms with Crippen molar-refractivity contribution in [1.29, 1.82) is 0 Å². The molecule has 0 bridgehead atoms. The maximum atomic E-state index is 12.1. The number of halogens is 2. The fourth-order valence-electron chi connectivity index (χ4n) is 2.44. The van der Waals surface area contributed by atoms with E-state index in [0.717, 1.165) is 18.5 Å². The molecule has 2 atom stereocenters. The van der Waals surface area contributed by atoms with E-state index in [0.29, 0.717) is 29.1 Å². The minimum atomic E-state index is -0.102. The van der Waals surface area contributed by atoms with Crippen molar-refractivity contribution >= 4 is 29.1 Å². The minimum absolute atomic E-state index is 0.0738. The van der Waals surface area contributed by atoms with Gasteiger partial charge in [0, 0.05) is 28.5 Å². The predicted molar refractivity (Wildman–Crippen MR) is 83.4 cm³/mol. The lowest BCUT2D eigenvalue weighted by Gasteiger charge is -2.16. The summed E-state index contributed by atoms with van der Waals surface area (Å²) in [7, 11) is 0. The van der Waals surface area contributed by atoms with E-state index in [2.05, 4.69) is 10.6 Å². The van der Waals surface area contributed by atoms with E-state index in [1.807, 2.05) is 13.0 Å². The Bertz CT molecular complexity index is 473. The molecule has 0 aromatic heterocycles. The van der Waals surface area contributed by atoms with Gasteiger partial charge in [-0.2, -0.15) is 0 Å². The van der Waals surface area contributed by atoms with Crippen LogP contribution in [0.1, 0.15) is 25.3 Å². The predicted octanol–water partition coefficient (Wildman–Crippen LogP) is 3.04. The molecule has 3 nitrogen and oxygen atoms in total. The Morgan fingerprint density at radius 2 is 2.30 bits per heavy atom. The van der Waals surface area contributed by atoms with E-state index in [9.17, 15) is 4.79 Å². The van der Waals surface area contributed by atoms with E-state index < -0.39 is 0 Å². The van der Waals surface area contributed by atoms with Gasteiger partial charge in [0.1, 0.15) is 0 Å². The van der Waals surface area contributed by atoms with E-state index >= 15 is 0 Å². The summed E-state index contributed by atoms with van der Waals surface area (Å²) in [6, 6.07) is 5.82. The number of carbonyl (C=O) groups excluding carboxylic acids is 1. The maximum absolute atomic E-state index is 12.1. The first kappa shape index (κ1) is 15.6. The average molecular weight is 315 g/mol. The summed E-state index contributed by atoms with van der Waals surface area (Å²) in [5.41, 5.74) is 0.956. The van der Waals surface area contributed by atoms with Crippen LogP contribution in [-0.4, -0.2) is 25.0 Å². The second-order valence-electron chi connectivity index (χ2n) is 5.38. The molecule has 1 aromatic rings. The van der Waals surface area contributed by atoms with E-state index in [1.54, 1.807) is 12.1 Å². The number of carbonyl (C=O) groups is 1. The normalized spacial score (nSPS) is 19.9. The molecule has 0 spiro atoms. The maximum Gasteiger partial charge on any atom is 0.223 e. The van der Waals surface area contributed by atoms with Gasteiger partial charge in [-0.25, -0.2) is 0 Å². The zero-order valence-corrected chi connectivity index (χ0v) is 13.1. The van der Waals surface area contributed by atoms with Crippen LogP contribution in [0.15, 0.2) is 18.2 Å². The number of rotatable bonds is 5. The molecule has 2 rings (SSSR count). The molecule has 5 heteroatoms. The number of nitrogens with one attached hydrogen (secondary N) is 2. The van der Waals surface area contributed by atoms with Gasteiger partial charge in [0.15, 0.2) is 0 Å². The SMILES string of the molecule is CC(Cc1ccc(Cl)cc1Cl)C(=O)NCC1CCCN1. The molecule has 110 valence electrons. The zero-order valence-electron chi connectivity index (χ0n) is 11.6. The molecule has 1 aliphatic heterocycles. The Balaban J connectivity index is 1.83. The lowest BCUT2D eigenvalue weighted by Crippen LogP contribution is -2.39. The fraction of sp³-hybridized carbons (Fsp3) is 0.533. The molecule has 0 radical (unpaired) electrons. The number of amides is 1. The smallest absolute Gasteiger partial charge is 0.223 e. The summed E-state index contributed by atoms with van der Waals surface area (Å²) >= 11 is 12.0. The Morgan fingerprint density at radius 3 is 2.95 bits per heavy atom. The molecular formula is C15H20Cl2N2O. The number of benzene rings is 1. The van der Waals surface area contributed by atoms with Crippen molar-refractivity contribution in [2.45, 2.75) is 32.2 Å². The van der Waals surface area contributed by atoms with Crippen LogP contribution in [0, 0.1) is 5.92 Å². The third-order valence-corrected chi connectivity index (χ3v) is 4.26. The van der Waals surface area contributed by atoms with E-state index in [-0.39, 0.29) is 11.8 Å². The molecule has 2 unspecified atom stereocenters. The molecule has 1 aromatic carbocycles. The molecule has 2 N–H and O–H groups in total. The van der Waals surface area contributed by atoms with Crippen LogP contribution < -0.4 is 10.6 Å². The molecular weight excluding hydrogens is 295 g/mol. The van der Waals surface area contributed by atoms with Crippen molar-refractivity contribution in [3.05, 3.63) is 33.8 Å². The van der Waals surface area contributed by atoms with Gasteiger partial charge >= 0.3 is 0 Å². The molecule has 0 aliphatic carbocycles.